The quantitative estimate of drug-likeness (QED) is 0.299. The summed E-state index contributed by atoms with van der Waals surface area (Å²) in [5.74, 6) is -0.270. The second-order valence-corrected chi connectivity index (χ2v) is 5.14. The smallest absolute Gasteiger partial charge is 0.524 e. The minimum absolute atomic E-state index is 0.307. The third-order valence-electron chi connectivity index (χ3n) is 3.57. The van der Waals surface area contributed by atoms with Gasteiger partial charge in [0.1, 0.15) is 18.3 Å². The van der Waals surface area contributed by atoms with Gasteiger partial charge >= 0.3 is 21.3 Å². The average molecular weight is 344 g/mol. The lowest BCUT2D eigenvalue weighted by Crippen LogP contribution is -2.62. The molecule has 0 saturated carbocycles. The predicted octanol–water partition coefficient (Wildman–Crippen LogP) is -3.66. The first-order valence-corrected chi connectivity index (χ1v) is 6.88. The van der Waals surface area contributed by atoms with Gasteiger partial charge in [-0.05, 0) is 0 Å². The molecule has 130 valence electrons. The van der Waals surface area contributed by atoms with E-state index < -0.39 is 30.7 Å². The molecular weight excluding hydrogens is 330 g/mol. The van der Waals surface area contributed by atoms with E-state index in [-0.39, 0.29) is 6.61 Å². The fraction of sp³-hybridized carbons (Fsp3) is 0.636. The van der Waals surface area contributed by atoms with Crippen LogP contribution in [0.25, 0.3) is 0 Å². The van der Waals surface area contributed by atoms with Gasteiger partial charge in [0.15, 0.2) is 18.1 Å². The molecule has 13 heteroatoms. The van der Waals surface area contributed by atoms with E-state index in [0.717, 1.165) is 0 Å². The maximum absolute atomic E-state index is 9.24. The molecule has 4 atom stereocenters. The summed E-state index contributed by atoms with van der Waals surface area (Å²) < 4.78 is 29.6. The van der Waals surface area contributed by atoms with Gasteiger partial charge in [-0.2, -0.15) is 0 Å². The van der Waals surface area contributed by atoms with Crippen molar-refractivity contribution >= 4 is 15.4 Å². The summed E-state index contributed by atoms with van der Waals surface area (Å²) in [5, 5.41) is 45.0. The molecule has 1 saturated heterocycles. The summed E-state index contributed by atoms with van der Waals surface area (Å²) in [5.41, 5.74) is 0. The molecule has 4 aliphatic rings. The highest BCUT2D eigenvalue weighted by atomic mass is 16.7. The molecule has 24 heavy (non-hydrogen) atoms. The average Bonchev–Trinajstić information content (AvgIpc) is 3.24. The zero-order chi connectivity index (χ0) is 17.3. The first kappa shape index (κ1) is 17.2. The van der Waals surface area contributed by atoms with Gasteiger partial charge < -0.3 is 53.6 Å². The maximum Gasteiger partial charge on any atom is 0.660 e. The molecule has 4 heterocycles. The Bertz CT molecular complexity index is 522. The van der Waals surface area contributed by atoms with Gasteiger partial charge in [-0.3, -0.25) is 0 Å². The topological polar surface area (TPSA) is 157 Å². The van der Waals surface area contributed by atoms with Crippen LogP contribution in [-0.4, -0.2) is 84.8 Å². The molecule has 2 radical (unpaired) electrons. The highest BCUT2D eigenvalue weighted by Crippen LogP contribution is 2.33. The Labute approximate surface area is 137 Å². The fourth-order valence-electron chi connectivity index (χ4n) is 2.15. The van der Waals surface area contributed by atoms with Crippen LogP contribution < -0.4 is 0 Å². The second kappa shape index (κ2) is 6.70. The van der Waals surface area contributed by atoms with Crippen LogP contribution in [0.4, 0.5) is 0 Å². The van der Waals surface area contributed by atoms with Crippen LogP contribution in [0.2, 0.25) is 0 Å². The number of aliphatic hydroxyl groups is 5. The minimum atomic E-state index is -2.17. The van der Waals surface area contributed by atoms with Gasteiger partial charge in [0, 0.05) is 0 Å². The van der Waals surface area contributed by atoms with Crippen LogP contribution in [-0.2, 0) is 28.1 Å². The van der Waals surface area contributed by atoms with Crippen molar-refractivity contribution in [1.29, 1.82) is 0 Å². The van der Waals surface area contributed by atoms with Crippen molar-refractivity contribution in [2.45, 2.75) is 24.1 Å². The Morgan fingerprint density at radius 2 is 1.75 bits per heavy atom. The van der Waals surface area contributed by atoms with Crippen molar-refractivity contribution in [3.8, 4) is 0 Å². The van der Waals surface area contributed by atoms with Gasteiger partial charge in [-0.1, -0.05) is 0 Å². The third kappa shape index (κ3) is 3.01. The lowest BCUT2D eigenvalue weighted by molar-refractivity contribution is -0.331. The van der Waals surface area contributed by atoms with Crippen molar-refractivity contribution in [2.24, 2.45) is 0 Å². The van der Waals surface area contributed by atoms with E-state index >= 15 is 0 Å². The van der Waals surface area contributed by atoms with Crippen LogP contribution in [0.1, 0.15) is 0 Å². The number of hydrogen-bond donors (Lipinski definition) is 5. The van der Waals surface area contributed by atoms with Crippen molar-refractivity contribution < 1.29 is 53.6 Å². The molecule has 4 rings (SSSR count). The highest BCUT2D eigenvalue weighted by Gasteiger charge is 2.48. The summed E-state index contributed by atoms with van der Waals surface area (Å²) in [4.78, 5) is 0. The lowest BCUT2D eigenvalue weighted by Gasteiger charge is -2.40. The molecule has 5 N–H and O–H groups in total. The monoisotopic (exact) mass is 344 g/mol. The molecule has 0 amide bonds. The Morgan fingerprint density at radius 1 is 1.04 bits per heavy atom. The van der Waals surface area contributed by atoms with Gasteiger partial charge in [-0.15, -0.1) is 0 Å². The van der Waals surface area contributed by atoms with E-state index in [1.807, 2.05) is 0 Å². The van der Waals surface area contributed by atoms with Crippen molar-refractivity contribution in [3.63, 3.8) is 0 Å². The normalized spacial score (nSPS) is 36.3. The van der Waals surface area contributed by atoms with Crippen LogP contribution in [0.3, 0.4) is 0 Å². The number of hydrogen-bond acceptors (Lipinski definition) is 11. The van der Waals surface area contributed by atoms with Crippen LogP contribution >= 0.6 is 0 Å². The van der Waals surface area contributed by atoms with E-state index in [1.165, 1.54) is 15.4 Å². The molecule has 0 aliphatic carbocycles. The number of fused-ring (bicyclic) bond motifs is 1. The Kier molecular flexibility index (Phi) is 4.80. The van der Waals surface area contributed by atoms with E-state index in [2.05, 4.69) is 4.74 Å². The molecule has 11 nitrogen and oxygen atoms in total. The standard InChI is InChI=1S/C6H12O6.C5H2B2O5/c7-2-6(11)5(10)4(9)3(8)1-12-6;1-2-3(10-6-9-2)4-5(8-1)12-7-11-4/h3-5,7-11H,1-2H2;1H2/t3-,4-,5+,6-;/m1./s1. The summed E-state index contributed by atoms with van der Waals surface area (Å²) in [6.45, 7) is -0.852. The first-order chi connectivity index (χ1) is 11.5. The summed E-state index contributed by atoms with van der Waals surface area (Å²) in [6.07, 6.45) is -4.45. The van der Waals surface area contributed by atoms with Crippen molar-refractivity contribution in [1.82, 2.24) is 0 Å². The molecule has 0 unspecified atom stereocenters. The third-order valence-corrected chi connectivity index (χ3v) is 3.57. The van der Waals surface area contributed by atoms with Gasteiger partial charge in [0.25, 0.3) is 0 Å². The summed E-state index contributed by atoms with van der Waals surface area (Å²) in [6, 6.07) is 0. The molecule has 1 fully saturated rings. The van der Waals surface area contributed by atoms with Crippen molar-refractivity contribution in [3.05, 3.63) is 23.2 Å². The molecule has 0 aromatic carbocycles. The molecular formula is C11H14B2O11. The Balaban J connectivity index is 0.000000141. The van der Waals surface area contributed by atoms with E-state index in [1.54, 1.807) is 0 Å². The molecule has 0 bridgehead atoms. The van der Waals surface area contributed by atoms with E-state index in [4.69, 9.17) is 43.8 Å². The van der Waals surface area contributed by atoms with Crippen LogP contribution in [0, 0.1) is 0 Å². The number of rotatable bonds is 1. The van der Waals surface area contributed by atoms with Crippen LogP contribution in [0.15, 0.2) is 23.2 Å². The molecule has 0 spiro atoms. The van der Waals surface area contributed by atoms with E-state index in [0.29, 0.717) is 29.8 Å². The minimum Gasteiger partial charge on any atom is -0.524 e. The first-order valence-electron chi connectivity index (χ1n) is 6.88. The number of ether oxygens (including phenoxy) is 2. The fourth-order valence-corrected chi connectivity index (χ4v) is 2.15. The maximum atomic E-state index is 9.24. The summed E-state index contributed by atoms with van der Waals surface area (Å²) in [7, 11) is 2.41. The largest absolute Gasteiger partial charge is 0.660 e. The molecule has 0 aromatic rings. The van der Waals surface area contributed by atoms with Gasteiger partial charge in [0.2, 0.25) is 11.5 Å². The second-order valence-electron chi connectivity index (χ2n) is 5.14. The zero-order valence-corrected chi connectivity index (χ0v) is 12.2. The van der Waals surface area contributed by atoms with Gasteiger partial charge in [0.05, 0.1) is 13.2 Å². The SMILES string of the molecule is OC[C@@]1(O)OC[C@@H](O)[C@@H](O)[C@@H]1O.[B]1OC2=C(O1)C1=C(O[B]O1)OC2. The van der Waals surface area contributed by atoms with Crippen molar-refractivity contribution in [2.75, 3.05) is 19.8 Å². The zero-order valence-electron chi connectivity index (χ0n) is 12.2. The summed E-state index contributed by atoms with van der Waals surface area (Å²) >= 11 is 0. The van der Waals surface area contributed by atoms with Crippen LogP contribution in [0.5, 0.6) is 0 Å². The Morgan fingerprint density at radius 3 is 2.50 bits per heavy atom. The van der Waals surface area contributed by atoms with E-state index in [9.17, 15) is 5.11 Å². The van der Waals surface area contributed by atoms with Gasteiger partial charge in [-0.25, -0.2) is 0 Å². The number of aliphatic hydroxyl groups excluding tert-OH is 4. The molecule has 0 aromatic heterocycles. The lowest BCUT2D eigenvalue weighted by atomic mass is 9.98. The predicted molar refractivity (Wildman–Crippen MR) is 71.9 cm³/mol. The Hall–Kier alpha value is -1.63. The molecule has 4 aliphatic heterocycles. The highest BCUT2D eigenvalue weighted by molar-refractivity contribution is 6.22.